The van der Waals surface area contributed by atoms with Crippen molar-refractivity contribution in [3.63, 3.8) is 0 Å². The Bertz CT molecular complexity index is 210. The van der Waals surface area contributed by atoms with Crippen LogP contribution in [-0.2, 0) is 9.53 Å². The van der Waals surface area contributed by atoms with Crippen molar-refractivity contribution in [3.8, 4) is 0 Å². The first-order chi connectivity index (χ1) is 5.83. The molecule has 2 rings (SSSR count). The molecule has 0 unspecified atom stereocenters. The van der Waals surface area contributed by atoms with Crippen molar-refractivity contribution in [2.24, 2.45) is 11.8 Å². The number of esters is 1. The van der Waals surface area contributed by atoms with E-state index in [0.29, 0.717) is 5.92 Å². The monoisotopic (exact) mass is 166 g/mol. The van der Waals surface area contributed by atoms with Crippen LogP contribution in [0.15, 0.2) is 12.7 Å². The van der Waals surface area contributed by atoms with Gasteiger partial charge in [0, 0.05) is 5.92 Å². The van der Waals surface area contributed by atoms with E-state index in [1.807, 2.05) is 6.08 Å². The maximum atomic E-state index is 11.3. The molecule has 3 atom stereocenters. The SMILES string of the molecule is C=CC[C@H]1C(=O)O[C@H]2CCC[C@@H]21. The molecule has 2 aliphatic rings. The van der Waals surface area contributed by atoms with Gasteiger partial charge in [0.2, 0.25) is 0 Å². The van der Waals surface area contributed by atoms with Gasteiger partial charge in [-0.2, -0.15) is 0 Å². The van der Waals surface area contributed by atoms with E-state index in [1.54, 1.807) is 0 Å². The van der Waals surface area contributed by atoms with Crippen molar-refractivity contribution in [2.75, 3.05) is 0 Å². The van der Waals surface area contributed by atoms with Crippen LogP contribution in [0.5, 0.6) is 0 Å². The second-order valence-corrected chi connectivity index (χ2v) is 3.70. The largest absolute Gasteiger partial charge is 0.462 e. The van der Waals surface area contributed by atoms with Gasteiger partial charge in [0.15, 0.2) is 0 Å². The van der Waals surface area contributed by atoms with Crippen molar-refractivity contribution in [3.05, 3.63) is 12.7 Å². The van der Waals surface area contributed by atoms with E-state index in [4.69, 9.17) is 4.74 Å². The zero-order valence-corrected chi connectivity index (χ0v) is 7.16. The lowest BCUT2D eigenvalue weighted by Gasteiger charge is -2.09. The number of ether oxygens (including phenoxy) is 1. The molecule has 2 heteroatoms. The number of allylic oxidation sites excluding steroid dienone is 1. The fourth-order valence-corrected chi connectivity index (χ4v) is 2.42. The van der Waals surface area contributed by atoms with E-state index >= 15 is 0 Å². The van der Waals surface area contributed by atoms with Crippen molar-refractivity contribution >= 4 is 5.97 Å². The molecule has 1 saturated carbocycles. The van der Waals surface area contributed by atoms with Gasteiger partial charge in [0.1, 0.15) is 6.10 Å². The summed E-state index contributed by atoms with van der Waals surface area (Å²) in [7, 11) is 0. The lowest BCUT2D eigenvalue weighted by atomic mass is 9.89. The first-order valence-electron chi connectivity index (χ1n) is 4.64. The van der Waals surface area contributed by atoms with Crippen LogP contribution < -0.4 is 0 Å². The number of carbonyl (C=O) groups is 1. The van der Waals surface area contributed by atoms with Gasteiger partial charge in [-0.05, 0) is 25.7 Å². The summed E-state index contributed by atoms with van der Waals surface area (Å²) < 4.78 is 5.26. The standard InChI is InChI=1S/C10H14O2/c1-2-4-8-7-5-3-6-9(7)12-10(8)11/h2,7-9H,1,3-6H2/t7-,8-,9+/m1/s1. The molecular weight excluding hydrogens is 152 g/mol. The third-order valence-corrected chi connectivity index (χ3v) is 3.01. The lowest BCUT2D eigenvalue weighted by molar-refractivity contribution is -0.144. The van der Waals surface area contributed by atoms with E-state index < -0.39 is 0 Å². The minimum absolute atomic E-state index is 0.00426. The number of hydrogen-bond acceptors (Lipinski definition) is 2. The number of rotatable bonds is 2. The van der Waals surface area contributed by atoms with Crippen molar-refractivity contribution < 1.29 is 9.53 Å². The van der Waals surface area contributed by atoms with Gasteiger partial charge < -0.3 is 4.74 Å². The molecule has 66 valence electrons. The minimum atomic E-state index is 0.00426. The molecule has 0 amide bonds. The number of carbonyl (C=O) groups excluding carboxylic acids is 1. The van der Waals surface area contributed by atoms with Crippen LogP contribution in [0.25, 0.3) is 0 Å². The highest BCUT2D eigenvalue weighted by atomic mass is 16.6. The van der Waals surface area contributed by atoms with Crippen LogP contribution >= 0.6 is 0 Å². The Balaban J connectivity index is 2.10. The summed E-state index contributed by atoms with van der Waals surface area (Å²) >= 11 is 0. The van der Waals surface area contributed by atoms with E-state index in [9.17, 15) is 4.79 Å². The maximum Gasteiger partial charge on any atom is 0.309 e. The normalized spacial score (nSPS) is 39.3. The second kappa shape index (κ2) is 2.92. The smallest absolute Gasteiger partial charge is 0.309 e. The van der Waals surface area contributed by atoms with Gasteiger partial charge in [0.25, 0.3) is 0 Å². The van der Waals surface area contributed by atoms with Crippen LogP contribution in [0.2, 0.25) is 0 Å². The second-order valence-electron chi connectivity index (χ2n) is 3.70. The first-order valence-corrected chi connectivity index (χ1v) is 4.64. The molecule has 0 aromatic carbocycles. The summed E-state index contributed by atoms with van der Waals surface area (Å²) in [6, 6.07) is 0. The van der Waals surface area contributed by atoms with Crippen LogP contribution in [-0.4, -0.2) is 12.1 Å². The summed E-state index contributed by atoms with van der Waals surface area (Å²) in [4.78, 5) is 11.3. The zero-order valence-electron chi connectivity index (χ0n) is 7.16. The molecule has 2 fully saturated rings. The molecule has 0 aromatic heterocycles. The number of hydrogen-bond donors (Lipinski definition) is 0. The highest BCUT2D eigenvalue weighted by Crippen LogP contribution is 2.41. The Labute approximate surface area is 72.6 Å². The van der Waals surface area contributed by atoms with Crippen LogP contribution in [0.1, 0.15) is 25.7 Å². The van der Waals surface area contributed by atoms with E-state index in [0.717, 1.165) is 19.3 Å². The summed E-state index contributed by atoms with van der Waals surface area (Å²) in [5.41, 5.74) is 0. The maximum absolute atomic E-state index is 11.3. The Morgan fingerprint density at radius 3 is 3.17 bits per heavy atom. The number of fused-ring (bicyclic) bond motifs is 1. The van der Waals surface area contributed by atoms with Crippen molar-refractivity contribution in [1.82, 2.24) is 0 Å². The van der Waals surface area contributed by atoms with Gasteiger partial charge >= 0.3 is 5.97 Å². The lowest BCUT2D eigenvalue weighted by Crippen LogP contribution is -2.14. The molecule has 1 saturated heterocycles. The Morgan fingerprint density at radius 1 is 1.58 bits per heavy atom. The molecule has 1 heterocycles. The molecular formula is C10H14O2. The van der Waals surface area contributed by atoms with Crippen molar-refractivity contribution in [1.29, 1.82) is 0 Å². The quantitative estimate of drug-likeness (QED) is 0.462. The summed E-state index contributed by atoms with van der Waals surface area (Å²) in [5.74, 6) is 0.620. The molecule has 1 aliphatic carbocycles. The van der Waals surface area contributed by atoms with Gasteiger partial charge in [-0.25, -0.2) is 0 Å². The molecule has 0 spiro atoms. The molecule has 1 aliphatic heterocycles. The van der Waals surface area contributed by atoms with Crippen LogP contribution in [0, 0.1) is 11.8 Å². The molecule has 0 radical (unpaired) electrons. The van der Waals surface area contributed by atoms with Gasteiger partial charge in [0.05, 0.1) is 5.92 Å². The van der Waals surface area contributed by atoms with E-state index in [-0.39, 0.29) is 18.0 Å². The third kappa shape index (κ3) is 1.06. The summed E-state index contributed by atoms with van der Waals surface area (Å²) in [6.07, 6.45) is 6.31. The van der Waals surface area contributed by atoms with E-state index in [1.165, 1.54) is 6.42 Å². The van der Waals surface area contributed by atoms with Gasteiger partial charge in [-0.3, -0.25) is 4.79 Å². The Morgan fingerprint density at radius 2 is 2.42 bits per heavy atom. The van der Waals surface area contributed by atoms with Gasteiger partial charge in [-0.15, -0.1) is 6.58 Å². The third-order valence-electron chi connectivity index (χ3n) is 3.01. The topological polar surface area (TPSA) is 26.3 Å². The first kappa shape index (κ1) is 7.84. The molecule has 0 bridgehead atoms. The van der Waals surface area contributed by atoms with Crippen LogP contribution in [0.4, 0.5) is 0 Å². The molecule has 0 aromatic rings. The van der Waals surface area contributed by atoms with E-state index in [2.05, 4.69) is 6.58 Å². The Kier molecular flexibility index (Phi) is 1.91. The van der Waals surface area contributed by atoms with Gasteiger partial charge in [-0.1, -0.05) is 6.08 Å². The fraction of sp³-hybridized carbons (Fsp3) is 0.700. The van der Waals surface area contributed by atoms with Crippen molar-refractivity contribution in [2.45, 2.75) is 31.8 Å². The highest BCUT2D eigenvalue weighted by molar-refractivity contribution is 5.75. The molecule has 0 N–H and O–H groups in total. The zero-order chi connectivity index (χ0) is 8.55. The minimum Gasteiger partial charge on any atom is -0.462 e. The predicted molar refractivity (Wildman–Crippen MR) is 45.5 cm³/mol. The fourth-order valence-electron chi connectivity index (χ4n) is 2.42. The summed E-state index contributed by atoms with van der Waals surface area (Å²) in [6.45, 7) is 3.67. The Hall–Kier alpha value is -0.790. The molecule has 12 heavy (non-hydrogen) atoms. The van der Waals surface area contributed by atoms with Crippen LogP contribution in [0.3, 0.4) is 0 Å². The summed E-state index contributed by atoms with van der Waals surface area (Å²) in [5, 5.41) is 0. The predicted octanol–water partition coefficient (Wildman–Crippen LogP) is 1.90. The average molecular weight is 166 g/mol. The average Bonchev–Trinajstić information content (AvgIpc) is 2.56. The highest BCUT2D eigenvalue weighted by Gasteiger charge is 2.45. The molecule has 2 nitrogen and oxygen atoms in total.